The summed E-state index contributed by atoms with van der Waals surface area (Å²) in [6, 6.07) is 15.2. The Hall–Kier alpha value is -3.40. The first-order valence-electron chi connectivity index (χ1n) is 17.0. The third-order valence-corrected chi connectivity index (χ3v) is 16.7. The van der Waals surface area contributed by atoms with Gasteiger partial charge in [-0.15, -0.1) is 0 Å². The second kappa shape index (κ2) is 14.3. The van der Waals surface area contributed by atoms with Crippen LogP contribution in [-0.2, 0) is 38.6 Å². The Morgan fingerprint density at radius 3 is 1.24 bits per heavy atom. The van der Waals surface area contributed by atoms with Crippen LogP contribution in [0.2, 0.25) is 10.0 Å². The molecule has 288 valence electrons. The number of hydrogen-bond acceptors (Lipinski definition) is 8. The lowest BCUT2D eigenvalue weighted by molar-refractivity contribution is -0.0628. The molecule has 2 saturated heterocycles. The van der Waals surface area contributed by atoms with Gasteiger partial charge < -0.3 is 18.9 Å². The van der Waals surface area contributed by atoms with Gasteiger partial charge in [-0.05, 0) is 99.5 Å². The summed E-state index contributed by atoms with van der Waals surface area (Å²) >= 11 is 11.8. The van der Waals surface area contributed by atoms with Gasteiger partial charge in [-0.2, -0.15) is 0 Å². The minimum atomic E-state index is -4.11. The number of ether oxygens (including phenoxy) is 4. The highest BCUT2D eigenvalue weighted by Gasteiger charge is 2.62. The molecule has 0 aromatic heterocycles. The lowest BCUT2D eigenvalue weighted by atomic mass is 9.76. The van der Waals surface area contributed by atoms with E-state index in [1.807, 2.05) is 0 Å². The Bertz CT molecular complexity index is 2150. The van der Waals surface area contributed by atoms with Crippen molar-refractivity contribution < 1.29 is 53.3 Å². The average molecular weight is 830 g/mol. The van der Waals surface area contributed by atoms with Gasteiger partial charge in [-0.25, -0.2) is 34.4 Å². The fourth-order valence-corrected chi connectivity index (χ4v) is 13.4. The Kier molecular flexibility index (Phi) is 10.3. The molecular formula is C38H34Cl2F4O8S2. The molecule has 6 atom stereocenters. The summed E-state index contributed by atoms with van der Waals surface area (Å²) in [6.07, 6.45) is -0.999. The lowest BCUT2D eigenvalue weighted by Gasteiger charge is -2.49. The predicted octanol–water partition coefficient (Wildman–Crippen LogP) is 8.21. The van der Waals surface area contributed by atoms with Crippen molar-refractivity contribution in [3.63, 3.8) is 0 Å². The SMILES string of the molecule is C[C@@H]1OCC[C@]2(S(=O)(=O)c3ccc(Cl)cc3)c3c(F)ccc(F)c3OCC12.C[C@H]1OCC[C@]2(S(=O)(=O)c3ccc(Cl)cc3)c3c(F)ccc(F)c3OCC12. The van der Waals surface area contributed by atoms with E-state index in [2.05, 4.69) is 0 Å². The first kappa shape index (κ1) is 38.9. The molecule has 54 heavy (non-hydrogen) atoms. The van der Waals surface area contributed by atoms with Gasteiger partial charge in [0.1, 0.15) is 21.1 Å². The number of sulfone groups is 2. The molecule has 8 nitrogen and oxygen atoms in total. The molecule has 2 fully saturated rings. The number of hydrogen-bond donors (Lipinski definition) is 0. The highest BCUT2D eigenvalue weighted by atomic mass is 35.5. The second-order valence-electron chi connectivity index (χ2n) is 13.6. The number of halogens is 6. The summed E-state index contributed by atoms with van der Waals surface area (Å²) in [7, 11) is -8.22. The van der Waals surface area contributed by atoms with Crippen molar-refractivity contribution in [2.24, 2.45) is 11.8 Å². The molecular weight excluding hydrogens is 795 g/mol. The molecule has 0 radical (unpaired) electrons. The highest BCUT2D eigenvalue weighted by molar-refractivity contribution is 7.92. The predicted molar refractivity (Wildman–Crippen MR) is 191 cm³/mol. The minimum Gasteiger partial charge on any atom is -0.490 e. The molecule has 0 saturated carbocycles. The van der Waals surface area contributed by atoms with Crippen molar-refractivity contribution in [1.82, 2.24) is 0 Å². The first-order chi connectivity index (χ1) is 25.6. The number of rotatable bonds is 4. The molecule has 4 aliphatic heterocycles. The maximum Gasteiger partial charge on any atom is 0.189 e. The van der Waals surface area contributed by atoms with Crippen LogP contribution in [0, 0.1) is 35.1 Å². The van der Waals surface area contributed by atoms with Crippen LogP contribution in [0.5, 0.6) is 11.5 Å². The monoisotopic (exact) mass is 828 g/mol. The van der Waals surface area contributed by atoms with Gasteiger partial charge in [0.25, 0.3) is 0 Å². The Morgan fingerprint density at radius 1 is 0.556 bits per heavy atom. The zero-order valence-electron chi connectivity index (χ0n) is 28.8. The molecule has 4 aromatic rings. The van der Waals surface area contributed by atoms with E-state index < -0.39 is 76.5 Å². The summed E-state index contributed by atoms with van der Waals surface area (Å²) in [4.78, 5) is 0.00465. The lowest BCUT2D eigenvalue weighted by Crippen LogP contribution is -2.56. The van der Waals surface area contributed by atoms with Gasteiger partial charge in [0.05, 0.1) is 46.3 Å². The average Bonchev–Trinajstić information content (AvgIpc) is 3.15. The summed E-state index contributed by atoms with van der Waals surface area (Å²) in [5.74, 6) is -5.21. The second-order valence-corrected chi connectivity index (χ2v) is 18.9. The molecule has 0 bridgehead atoms. The molecule has 2 unspecified atom stereocenters. The molecule has 4 heterocycles. The highest BCUT2D eigenvalue weighted by Crippen LogP contribution is 2.57. The van der Waals surface area contributed by atoms with E-state index in [9.17, 15) is 34.4 Å². The number of benzene rings is 4. The zero-order chi connectivity index (χ0) is 38.8. The van der Waals surface area contributed by atoms with Crippen molar-refractivity contribution in [2.45, 2.75) is 58.2 Å². The maximum atomic E-state index is 14.9. The van der Waals surface area contributed by atoms with Crippen LogP contribution in [0.1, 0.15) is 37.8 Å². The smallest absolute Gasteiger partial charge is 0.189 e. The topological polar surface area (TPSA) is 105 Å². The standard InChI is InChI=1S/2C19H17ClF2O4S/c2*1-11-14-10-26-18-16(22)7-6-15(21)17(18)19(14,8-9-25-11)27(23,24)13-4-2-12(20)3-5-13/h2*2-7,11,14H,8-10H2,1H3/t11-,14?,19+;11-,14?,19-/m01/s1. The number of fused-ring (bicyclic) bond motifs is 6. The van der Waals surface area contributed by atoms with Crippen molar-refractivity contribution in [3.8, 4) is 11.5 Å². The molecule has 0 aliphatic carbocycles. The third-order valence-electron chi connectivity index (χ3n) is 11.0. The molecule has 8 rings (SSSR count). The van der Waals surface area contributed by atoms with Gasteiger partial charge >= 0.3 is 0 Å². The van der Waals surface area contributed by atoms with E-state index in [1.54, 1.807) is 13.8 Å². The van der Waals surface area contributed by atoms with E-state index >= 15 is 0 Å². The van der Waals surface area contributed by atoms with Crippen LogP contribution in [0.15, 0.2) is 82.6 Å². The molecule has 4 aromatic carbocycles. The third kappa shape index (κ3) is 5.90. The summed E-state index contributed by atoms with van der Waals surface area (Å²) in [5, 5.41) is 0.765. The summed E-state index contributed by atoms with van der Waals surface area (Å²) in [6.45, 7) is 3.51. The molecule has 0 N–H and O–H groups in total. The molecule has 4 aliphatic rings. The van der Waals surface area contributed by atoms with Crippen LogP contribution < -0.4 is 9.47 Å². The Balaban J connectivity index is 0.000000167. The van der Waals surface area contributed by atoms with Crippen LogP contribution in [0.4, 0.5) is 17.6 Å². The van der Waals surface area contributed by atoms with Gasteiger partial charge in [-0.1, -0.05) is 23.2 Å². The van der Waals surface area contributed by atoms with Gasteiger partial charge in [0.2, 0.25) is 0 Å². The van der Waals surface area contributed by atoms with Crippen LogP contribution in [-0.4, -0.2) is 55.5 Å². The van der Waals surface area contributed by atoms with Crippen molar-refractivity contribution in [3.05, 3.63) is 117 Å². The Labute approximate surface area is 320 Å². The van der Waals surface area contributed by atoms with Crippen LogP contribution in [0.3, 0.4) is 0 Å². The van der Waals surface area contributed by atoms with Gasteiger partial charge in [0, 0.05) is 35.1 Å². The molecule has 0 spiro atoms. The van der Waals surface area contributed by atoms with Crippen molar-refractivity contribution >= 4 is 42.9 Å². The van der Waals surface area contributed by atoms with Gasteiger partial charge in [-0.3, -0.25) is 0 Å². The molecule has 16 heteroatoms. The zero-order valence-corrected chi connectivity index (χ0v) is 32.0. The van der Waals surface area contributed by atoms with Gasteiger partial charge in [0.15, 0.2) is 42.8 Å². The molecule has 0 amide bonds. The Morgan fingerprint density at radius 2 is 0.889 bits per heavy atom. The van der Waals surface area contributed by atoms with E-state index in [0.29, 0.717) is 10.0 Å². The first-order valence-corrected chi connectivity index (χ1v) is 20.8. The van der Waals surface area contributed by atoms with Crippen LogP contribution in [0.25, 0.3) is 0 Å². The largest absolute Gasteiger partial charge is 0.490 e. The minimum absolute atomic E-state index is 0.00233. The van der Waals surface area contributed by atoms with Crippen LogP contribution >= 0.6 is 23.2 Å². The van der Waals surface area contributed by atoms with E-state index in [0.717, 1.165) is 24.3 Å². The summed E-state index contributed by atoms with van der Waals surface area (Å²) in [5.41, 5.74) is -0.493. The fraction of sp³-hybridized carbons (Fsp3) is 0.368. The quantitative estimate of drug-likeness (QED) is 0.190. The van der Waals surface area contributed by atoms with E-state index in [4.69, 9.17) is 42.1 Å². The van der Waals surface area contributed by atoms with E-state index in [1.165, 1.54) is 48.5 Å². The normalized spacial score (nSPS) is 27.4. The fourth-order valence-electron chi connectivity index (χ4n) is 8.38. The summed E-state index contributed by atoms with van der Waals surface area (Å²) < 4.78 is 133. The van der Waals surface area contributed by atoms with E-state index in [-0.39, 0.29) is 71.7 Å². The van der Waals surface area contributed by atoms with Crippen molar-refractivity contribution in [2.75, 3.05) is 26.4 Å². The maximum absolute atomic E-state index is 14.9. The van der Waals surface area contributed by atoms with Crippen molar-refractivity contribution in [1.29, 1.82) is 0 Å².